The zero-order chi connectivity index (χ0) is 15.8. The van der Waals surface area contributed by atoms with Gasteiger partial charge in [0.25, 0.3) is 0 Å². The SMILES string of the molecule is COc1cccc(OCCN=C(N)Nc2cccc(C)c2)c1. The lowest BCUT2D eigenvalue weighted by molar-refractivity contribution is 0.325. The van der Waals surface area contributed by atoms with Crippen molar-refractivity contribution in [1.82, 2.24) is 0 Å². The Hall–Kier alpha value is -2.69. The Kier molecular flexibility index (Phi) is 5.65. The van der Waals surface area contributed by atoms with Gasteiger partial charge in [0.1, 0.15) is 18.1 Å². The van der Waals surface area contributed by atoms with Crippen molar-refractivity contribution in [2.24, 2.45) is 10.7 Å². The molecule has 2 aromatic rings. The van der Waals surface area contributed by atoms with Crippen molar-refractivity contribution in [1.29, 1.82) is 0 Å². The van der Waals surface area contributed by atoms with Crippen molar-refractivity contribution in [2.75, 3.05) is 25.6 Å². The molecular weight excluding hydrogens is 278 g/mol. The van der Waals surface area contributed by atoms with E-state index in [0.717, 1.165) is 17.2 Å². The normalized spacial score (nSPS) is 11.1. The summed E-state index contributed by atoms with van der Waals surface area (Å²) >= 11 is 0. The summed E-state index contributed by atoms with van der Waals surface area (Å²) in [5.41, 5.74) is 7.94. The van der Waals surface area contributed by atoms with Crippen LogP contribution in [0.15, 0.2) is 53.5 Å². The molecule has 5 nitrogen and oxygen atoms in total. The number of hydrogen-bond acceptors (Lipinski definition) is 3. The second kappa shape index (κ2) is 7.93. The first-order valence-electron chi connectivity index (χ1n) is 7.08. The summed E-state index contributed by atoms with van der Waals surface area (Å²) in [7, 11) is 1.63. The van der Waals surface area contributed by atoms with Gasteiger partial charge in [0, 0.05) is 11.8 Å². The molecule has 0 fully saturated rings. The summed E-state index contributed by atoms with van der Waals surface area (Å²) < 4.78 is 10.7. The number of aryl methyl sites for hydroxylation is 1. The van der Waals surface area contributed by atoms with Crippen molar-refractivity contribution >= 4 is 11.6 Å². The van der Waals surface area contributed by atoms with Crippen molar-refractivity contribution in [3.8, 4) is 11.5 Å². The molecule has 0 radical (unpaired) electrons. The summed E-state index contributed by atoms with van der Waals surface area (Å²) in [4.78, 5) is 4.23. The third kappa shape index (κ3) is 5.01. The number of aliphatic imine (C=N–C) groups is 1. The monoisotopic (exact) mass is 299 g/mol. The van der Waals surface area contributed by atoms with Crippen LogP contribution in [0.4, 0.5) is 5.69 Å². The van der Waals surface area contributed by atoms with Gasteiger partial charge < -0.3 is 20.5 Å². The minimum atomic E-state index is 0.375. The van der Waals surface area contributed by atoms with E-state index >= 15 is 0 Å². The molecule has 0 saturated carbocycles. The van der Waals surface area contributed by atoms with E-state index in [9.17, 15) is 0 Å². The number of rotatable bonds is 6. The van der Waals surface area contributed by atoms with E-state index in [0.29, 0.717) is 19.1 Å². The van der Waals surface area contributed by atoms with E-state index in [1.807, 2.05) is 55.5 Å². The summed E-state index contributed by atoms with van der Waals surface area (Å²) in [6.07, 6.45) is 0. The standard InChI is InChI=1S/C17H21N3O2/c1-13-5-3-6-14(11-13)20-17(18)19-9-10-22-16-8-4-7-15(12-16)21-2/h3-8,11-12H,9-10H2,1-2H3,(H3,18,19,20). The van der Waals surface area contributed by atoms with E-state index in [-0.39, 0.29) is 0 Å². The van der Waals surface area contributed by atoms with Crippen LogP contribution in [0.25, 0.3) is 0 Å². The molecule has 0 atom stereocenters. The van der Waals surface area contributed by atoms with E-state index in [2.05, 4.69) is 10.3 Å². The van der Waals surface area contributed by atoms with E-state index in [1.54, 1.807) is 7.11 Å². The molecule has 22 heavy (non-hydrogen) atoms. The second-order valence-electron chi connectivity index (χ2n) is 4.79. The molecule has 0 aliphatic carbocycles. The number of ether oxygens (including phenoxy) is 2. The maximum absolute atomic E-state index is 5.84. The first-order valence-corrected chi connectivity index (χ1v) is 7.08. The van der Waals surface area contributed by atoms with Crippen LogP contribution in [-0.2, 0) is 0 Å². The fraction of sp³-hybridized carbons (Fsp3) is 0.235. The van der Waals surface area contributed by atoms with Gasteiger partial charge in [-0.3, -0.25) is 0 Å². The van der Waals surface area contributed by atoms with Gasteiger partial charge in [0.05, 0.1) is 13.7 Å². The summed E-state index contributed by atoms with van der Waals surface area (Å²) in [6.45, 7) is 2.95. The lowest BCUT2D eigenvalue weighted by atomic mass is 10.2. The molecule has 3 N–H and O–H groups in total. The molecule has 0 saturated heterocycles. The number of nitrogens with zero attached hydrogens (tertiary/aromatic N) is 1. The molecule has 0 amide bonds. The molecule has 0 unspecified atom stereocenters. The minimum Gasteiger partial charge on any atom is -0.497 e. The number of hydrogen-bond donors (Lipinski definition) is 2. The molecule has 0 bridgehead atoms. The maximum atomic E-state index is 5.84. The lowest BCUT2D eigenvalue weighted by Crippen LogP contribution is -2.23. The van der Waals surface area contributed by atoms with Crippen LogP contribution in [0.5, 0.6) is 11.5 Å². The van der Waals surface area contributed by atoms with Gasteiger partial charge in [-0.1, -0.05) is 18.2 Å². The lowest BCUT2D eigenvalue weighted by Gasteiger charge is -2.08. The summed E-state index contributed by atoms with van der Waals surface area (Å²) in [6, 6.07) is 15.4. The smallest absolute Gasteiger partial charge is 0.193 e. The Labute approximate surface area is 130 Å². The van der Waals surface area contributed by atoms with Crippen LogP contribution < -0.4 is 20.5 Å². The van der Waals surface area contributed by atoms with Crippen LogP contribution in [0.2, 0.25) is 0 Å². The van der Waals surface area contributed by atoms with Crippen molar-refractivity contribution in [2.45, 2.75) is 6.92 Å². The van der Waals surface area contributed by atoms with Gasteiger partial charge >= 0.3 is 0 Å². The first-order chi connectivity index (χ1) is 10.7. The molecule has 0 aromatic heterocycles. The molecule has 0 aliphatic rings. The fourth-order valence-electron chi connectivity index (χ4n) is 1.93. The Morgan fingerprint density at radius 1 is 1.14 bits per heavy atom. The van der Waals surface area contributed by atoms with Gasteiger partial charge in [-0.25, -0.2) is 4.99 Å². The second-order valence-corrected chi connectivity index (χ2v) is 4.79. The number of anilines is 1. The Morgan fingerprint density at radius 3 is 2.68 bits per heavy atom. The number of guanidine groups is 1. The molecule has 2 aromatic carbocycles. The molecular formula is C17H21N3O2. The predicted molar refractivity (Wildman–Crippen MR) is 89.8 cm³/mol. The van der Waals surface area contributed by atoms with Crippen LogP contribution in [0, 0.1) is 6.92 Å². The fourth-order valence-corrected chi connectivity index (χ4v) is 1.93. The molecule has 0 spiro atoms. The minimum absolute atomic E-state index is 0.375. The highest BCUT2D eigenvalue weighted by Crippen LogP contribution is 2.18. The Balaban J connectivity index is 1.79. The third-order valence-electron chi connectivity index (χ3n) is 2.97. The summed E-state index contributed by atoms with van der Waals surface area (Å²) in [5, 5.41) is 3.05. The van der Waals surface area contributed by atoms with Gasteiger partial charge in [-0.15, -0.1) is 0 Å². The topological polar surface area (TPSA) is 68.9 Å². The Morgan fingerprint density at radius 2 is 1.91 bits per heavy atom. The zero-order valence-corrected chi connectivity index (χ0v) is 12.9. The van der Waals surface area contributed by atoms with Crippen LogP contribution in [-0.4, -0.2) is 26.2 Å². The Bertz CT molecular complexity index is 641. The number of nitrogens with one attached hydrogen (secondary N) is 1. The van der Waals surface area contributed by atoms with Crippen molar-refractivity contribution in [3.05, 3.63) is 54.1 Å². The average molecular weight is 299 g/mol. The molecule has 5 heteroatoms. The van der Waals surface area contributed by atoms with Crippen LogP contribution >= 0.6 is 0 Å². The number of methoxy groups -OCH3 is 1. The van der Waals surface area contributed by atoms with Crippen LogP contribution in [0.3, 0.4) is 0 Å². The van der Waals surface area contributed by atoms with Gasteiger partial charge in [0.2, 0.25) is 0 Å². The summed E-state index contributed by atoms with van der Waals surface area (Å²) in [5.74, 6) is 1.89. The molecule has 0 aliphatic heterocycles. The zero-order valence-electron chi connectivity index (χ0n) is 12.9. The molecule has 0 heterocycles. The van der Waals surface area contributed by atoms with Crippen molar-refractivity contribution < 1.29 is 9.47 Å². The van der Waals surface area contributed by atoms with E-state index in [1.165, 1.54) is 5.56 Å². The first kappa shape index (κ1) is 15.7. The number of nitrogens with two attached hydrogens (primary N) is 1. The quantitative estimate of drug-likeness (QED) is 0.489. The number of benzene rings is 2. The van der Waals surface area contributed by atoms with Gasteiger partial charge in [-0.2, -0.15) is 0 Å². The van der Waals surface area contributed by atoms with Gasteiger partial charge in [-0.05, 0) is 36.8 Å². The molecule has 2 rings (SSSR count). The van der Waals surface area contributed by atoms with E-state index < -0.39 is 0 Å². The largest absolute Gasteiger partial charge is 0.497 e. The van der Waals surface area contributed by atoms with Crippen LogP contribution in [0.1, 0.15) is 5.56 Å². The maximum Gasteiger partial charge on any atom is 0.193 e. The highest BCUT2D eigenvalue weighted by Gasteiger charge is 1.97. The highest BCUT2D eigenvalue weighted by atomic mass is 16.5. The molecule has 116 valence electrons. The third-order valence-corrected chi connectivity index (χ3v) is 2.97. The highest BCUT2D eigenvalue weighted by molar-refractivity contribution is 5.92. The van der Waals surface area contributed by atoms with E-state index in [4.69, 9.17) is 15.2 Å². The van der Waals surface area contributed by atoms with Gasteiger partial charge in [0.15, 0.2) is 5.96 Å². The average Bonchev–Trinajstić information content (AvgIpc) is 2.52. The van der Waals surface area contributed by atoms with Crippen molar-refractivity contribution in [3.63, 3.8) is 0 Å². The predicted octanol–water partition coefficient (Wildman–Crippen LogP) is 2.81.